The van der Waals surface area contributed by atoms with Gasteiger partial charge in [0.15, 0.2) is 0 Å². The molecule has 5 heavy (non-hydrogen) atoms. The predicted molar refractivity (Wildman–Crippen MR) is 2.06 cm³/mol. The molecule has 0 bridgehead atoms. The Balaban J connectivity index is 0. The maximum absolute atomic E-state index is 8.56. The summed E-state index contributed by atoms with van der Waals surface area (Å²) >= 11 is -2.47. The van der Waals surface area contributed by atoms with Gasteiger partial charge in [-0.2, -0.15) is 0 Å². The van der Waals surface area contributed by atoms with Crippen LogP contribution in [0.2, 0.25) is 0 Å². The standard InChI is InChI=1S/3O.Pu.Th. The molecule has 3 nitrogen and oxygen atoms in total. The van der Waals surface area contributed by atoms with Crippen molar-refractivity contribution in [3.05, 3.63) is 0 Å². The van der Waals surface area contributed by atoms with Crippen molar-refractivity contribution in [3.63, 3.8) is 0 Å². The SMILES string of the molecule is [O]=[Pu]=[O].[O]=[Th]. The first-order valence-corrected chi connectivity index (χ1v) is 4.99. The molecule has 0 N–H and O–H groups in total. The van der Waals surface area contributed by atoms with Crippen LogP contribution in [-0.4, -0.2) is 0 Å². The van der Waals surface area contributed by atoms with Crippen LogP contribution in [0.25, 0.3) is 0 Å². The topological polar surface area (TPSA) is 51.2 Å². The molecule has 0 aliphatic heterocycles. The van der Waals surface area contributed by atoms with Crippen LogP contribution in [0.5, 0.6) is 0 Å². The van der Waals surface area contributed by atoms with E-state index in [0.29, 0.717) is 0 Å². The van der Waals surface area contributed by atoms with Crippen molar-refractivity contribution in [2.75, 3.05) is 0 Å². The Kier molecular flexibility index (Phi) is 34.0. The normalized spacial score (nSPS) is 2.80. The molecule has 0 amide bonds. The van der Waals surface area contributed by atoms with Gasteiger partial charge >= 0.3 is 70.1 Å². The first-order valence-electron chi connectivity index (χ1n) is 0.537. The number of rotatable bonds is 0. The van der Waals surface area contributed by atoms with Crippen molar-refractivity contribution in [2.24, 2.45) is 0 Å². The zero-order valence-electron chi connectivity index (χ0n) is 2.13. The van der Waals surface area contributed by atoms with Crippen LogP contribution >= 0.6 is 0 Å². The van der Waals surface area contributed by atoms with Crippen LogP contribution in [0.1, 0.15) is 0 Å². The molecule has 5 heteroatoms. The third kappa shape index (κ3) is 26.9. The van der Waals surface area contributed by atoms with Crippen molar-refractivity contribution >= 4 is 0 Å². The minimum absolute atomic E-state index is 0.0918. The van der Waals surface area contributed by atoms with E-state index in [1.54, 1.807) is 0 Å². The summed E-state index contributed by atoms with van der Waals surface area (Å²) in [6.07, 6.45) is 0. The Morgan fingerprint density at radius 3 is 1.20 bits per heavy atom. The van der Waals surface area contributed by atoms with E-state index in [0.717, 1.165) is 0 Å². The van der Waals surface area contributed by atoms with Gasteiger partial charge in [-0.05, 0) is 0 Å². The van der Waals surface area contributed by atoms with E-state index in [2.05, 4.69) is 0 Å². The van der Waals surface area contributed by atoms with Crippen LogP contribution in [0.4, 0.5) is 0 Å². The Labute approximate surface area is 68.6 Å². The Morgan fingerprint density at radius 1 is 1.20 bits per heavy atom. The quantitative estimate of drug-likeness (QED) is 0.436. The molecule has 0 radical (unpaired) electrons. The molecule has 0 rings (SSSR count). The maximum atomic E-state index is 8.56. The molecule has 0 aromatic carbocycles. The van der Waals surface area contributed by atoms with E-state index in [9.17, 15) is 0 Å². The fraction of sp³-hybridized carbons (Fsp3) is 0. The molecule has 0 spiro atoms. The molecule has 0 atom stereocenters. The van der Waals surface area contributed by atoms with Gasteiger partial charge in [-0.3, -0.25) is 0 Å². The molecule has 0 saturated carbocycles. The summed E-state index contributed by atoms with van der Waals surface area (Å²) < 4.78 is 25.5. The zero-order chi connectivity index (χ0) is 4.71. The molecule has 0 aliphatic carbocycles. The molecule has 0 aliphatic rings. The molecule has 0 unspecified atom stereocenters. The van der Waals surface area contributed by atoms with Crippen LogP contribution in [0, 0.1) is 64.0 Å². The average Bonchev–Trinajstić information content (AvgIpc) is 1.46. The van der Waals surface area contributed by atoms with Crippen LogP contribution < -0.4 is 0 Å². The molecule has 0 fully saturated rings. The summed E-state index contributed by atoms with van der Waals surface area (Å²) in [4.78, 5) is 0. The van der Waals surface area contributed by atoms with E-state index in [4.69, 9.17) is 6.09 Å². The first-order chi connectivity index (χ1) is 2.41. The first kappa shape index (κ1) is 9.86. The monoisotopic (exact) mass is 518 g/mol. The van der Waals surface area contributed by atoms with Crippen molar-refractivity contribution in [1.29, 1.82) is 0 Å². The summed E-state index contributed by atoms with van der Waals surface area (Å²) in [5, 5.41) is 0. The van der Waals surface area contributed by atoms with Gasteiger partial charge in [0.2, 0.25) is 0 Å². The molecule has 0 saturated heterocycles. The van der Waals surface area contributed by atoms with Crippen LogP contribution in [0.3, 0.4) is 0 Å². The van der Waals surface area contributed by atoms with Crippen LogP contribution in [-0.2, 0) is 6.09 Å². The van der Waals surface area contributed by atoms with Crippen molar-refractivity contribution in [3.8, 4) is 0 Å². The number of hydrogen-bond donors (Lipinski definition) is 0. The molecule has 0 aromatic rings. The third-order valence-corrected chi connectivity index (χ3v) is 0. The van der Waals surface area contributed by atoms with E-state index in [1.807, 2.05) is 0 Å². The Hall–Kier alpha value is 1.71. The van der Waals surface area contributed by atoms with Gasteiger partial charge in [-0.1, -0.05) is 0 Å². The second-order valence-corrected chi connectivity index (χ2v) is 0.635. The summed E-state index contributed by atoms with van der Waals surface area (Å²) in [5.74, 6) is 0. The molecule has 0 aromatic heterocycles. The third-order valence-electron chi connectivity index (χ3n) is 0. The second-order valence-electron chi connectivity index (χ2n) is 0.0680. The molecular formula is O3PuTh. The van der Waals surface area contributed by atoms with Gasteiger partial charge in [0, 0.05) is 0 Å². The summed E-state index contributed by atoms with van der Waals surface area (Å²) in [7, 11) is 0. The van der Waals surface area contributed by atoms with Crippen LogP contribution in [0.15, 0.2) is 0 Å². The zero-order valence-corrected chi connectivity index (χ0v) is 9.64. The predicted octanol–water partition coefficient (Wildman–Crippen LogP) is -0.356. The Bertz CT molecular complexity index is 36.2. The van der Waals surface area contributed by atoms with Crippen molar-refractivity contribution in [1.82, 2.24) is 0 Å². The van der Waals surface area contributed by atoms with E-state index in [-0.39, 0.29) is 38.0 Å². The minimum atomic E-state index is -2.38. The van der Waals surface area contributed by atoms with Gasteiger partial charge in [-0.15, -0.1) is 0 Å². The fourth-order valence-corrected chi connectivity index (χ4v) is 0. The van der Waals surface area contributed by atoms with Gasteiger partial charge in [0.1, 0.15) is 0 Å². The summed E-state index contributed by atoms with van der Waals surface area (Å²) in [5.41, 5.74) is 0. The van der Waals surface area contributed by atoms with Crippen molar-refractivity contribution < 1.29 is 70.1 Å². The van der Waals surface area contributed by atoms with Gasteiger partial charge in [0.05, 0.1) is 0 Å². The summed E-state index contributed by atoms with van der Waals surface area (Å²) in [6, 6.07) is 0. The fourth-order valence-electron chi connectivity index (χ4n) is 0. The second kappa shape index (κ2) is 17.2. The average molecular weight is 524 g/mol. The van der Waals surface area contributed by atoms with Gasteiger partial charge in [0.25, 0.3) is 0 Å². The summed E-state index contributed by atoms with van der Waals surface area (Å²) in [6.45, 7) is 0. The Morgan fingerprint density at radius 2 is 1.20 bits per heavy atom. The van der Waals surface area contributed by atoms with E-state index in [1.165, 1.54) is 0 Å². The van der Waals surface area contributed by atoms with Gasteiger partial charge in [-0.25, -0.2) is 0 Å². The molecule has 28 valence electrons. The molecular weight excluding hydrogens is 524 g/mol. The van der Waals surface area contributed by atoms with Crippen molar-refractivity contribution in [2.45, 2.75) is 0 Å². The van der Waals surface area contributed by atoms with E-state index >= 15 is 0 Å². The van der Waals surface area contributed by atoms with E-state index < -0.39 is 26.0 Å². The number of hydrogen-bond acceptors (Lipinski definition) is 3. The van der Waals surface area contributed by atoms with Gasteiger partial charge < -0.3 is 0 Å². The molecule has 0 heterocycles.